The number of allylic oxidation sites excluding steroid dienone is 2. The van der Waals surface area contributed by atoms with Crippen LogP contribution in [0.25, 0.3) is 0 Å². The molecule has 15 heavy (non-hydrogen) atoms. The lowest BCUT2D eigenvalue weighted by molar-refractivity contribution is 0.249. The molecule has 0 saturated heterocycles. The van der Waals surface area contributed by atoms with E-state index in [1.54, 1.807) is 0 Å². The van der Waals surface area contributed by atoms with Crippen molar-refractivity contribution in [2.24, 2.45) is 34.5 Å². The first-order valence-electron chi connectivity index (χ1n) is 5.54. The molecule has 2 amide bonds. The van der Waals surface area contributed by atoms with Crippen LogP contribution in [0.15, 0.2) is 17.3 Å². The van der Waals surface area contributed by atoms with Crippen molar-refractivity contribution >= 4 is 11.7 Å². The monoisotopic (exact) mass is 205 g/mol. The van der Waals surface area contributed by atoms with Crippen LogP contribution in [0.2, 0.25) is 0 Å². The minimum Gasteiger partial charge on any atom is -0.350 e. The first-order chi connectivity index (χ1) is 7.25. The minimum atomic E-state index is -0.566. The van der Waals surface area contributed by atoms with E-state index in [4.69, 9.17) is 5.73 Å². The maximum absolute atomic E-state index is 10.6. The number of amides is 2. The molecule has 4 nitrogen and oxygen atoms in total. The van der Waals surface area contributed by atoms with Gasteiger partial charge >= 0.3 is 6.03 Å². The third-order valence-corrected chi connectivity index (χ3v) is 4.10. The van der Waals surface area contributed by atoms with Gasteiger partial charge in [-0.15, -0.1) is 0 Å². The van der Waals surface area contributed by atoms with Gasteiger partial charge in [-0.1, -0.05) is 12.2 Å². The van der Waals surface area contributed by atoms with Crippen LogP contribution in [-0.2, 0) is 0 Å². The van der Waals surface area contributed by atoms with Crippen LogP contribution >= 0.6 is 0 Å². The Hall–Kier alpha value is -1.32. The lowest BCUT2D eigenvalue weighted by atomic mass is 9.80. The van der Waals surface area contributed by atoms with Gasteiger partial charge in [0.2, 0.25) is 0 Å². The molecule has 0 heterocycles. The summed E-state index contributed by atoms with van der Waals surface area (Å²) in [7, 11) is 0. The molecule has 4 atom stereocenters. The second kappa shape index (κ2) is 3.08. The maximum Gasteiger partial charge on any atom is 0.332 e. The zero-order valence-corrected chi connectivity index (χ0v) is 8.52. The topological polar surface area (TPSA) is 67.5 Å². The molecule has 0 aromatic carbocycles. The summed E-state index contributed by atoms with van der Waals surface area (Å²) < 4.78 is 0. The van der Waals surface area contributed by atoms with E-state index in [0.29, 0.717) is 11.8 Å². The number of hydrogen-bond acceptors (Lipinski definition) is 2. The highest BCUT2D eigenvalue weighted by Gasteiger charge is 2.50. The van der Waals surface area contributed by atoms with Crippen molar-refractivity contribution in [3.8, 4) is 0 Å². The molecular formula is C11H15N3O. The van der Waals surface area contributed by atoms with E-state index in [-0.39, 0.29) is 0 Å². The molecule has 80 valence electrons. The minimum absolute atomic E-state index is 0.561. The highest BCUT2D eigenvalue weighted by molar-refractivity contribution is 5.91. The quantitative estimate of drug-likeness (QED) is 0.491. The molecule has 3 N–H and O–H groups in total. The summed E-state index contributed by atoms with van der Waals surface area (Å²) in [5.41, 5.74) is 8.50. The Labute approximate surface area is 88.6 Å². The van der Waals surface area contributed by atoms with E-state index in [2.05, 4.69) is 22.7 Å². The molecule has 4 heteroatoms. The number of carbonyl (C=O) groups excluding carboxylic acids is 1. The van der Waals surface area contributed by atoms with Crippen LogP contribution in [0.4, 0.5) is 4.79 Å². The van der Waals surface area contributed by atoms with E-state index in [0.717, 1.165) is 24.0 Å². The fourth-order valence-corrected chi connectivity index (χ4v) is 3.56. The molecule has 0 aliphatic heterocycles. The van der Waals surface area contributed by atoms with Crippen molar-refractivity contribution in [3.05, 3.63) is 12.2 Å². The molecule has 0 aromatic heterocycles. The van der Waals surface area contributed by atoms with Crippen molar-refractivity contribution < 1.29 is 4.79 Å². The molecular weight excluding hydrogens is 190 g/mol. The van der Waals surface area contributed by atoms with E-state index in [9.17, 15) is 4.79 Å². The van der Waals surface area contributed by atoms with E-state index < -0.39 is 6.03 Å². The summed E-state index contributed by atoms with van der Waals surface area (Å²) in [6.45, 7) is 0. The number of fused-ring (bicyclic) bond motifs is 5. The fourth-order valence-electron chi connectivity index (χ4n) is 3.56. The zero-order valence-electron chi connectivity index (χ0n) is 8.52. The fraction of sp³-hybridized carbons (Fsp3) is 0.636. The number of urea groups is 1. The van der Waals surface area contributed by atoms with Gasteiger partial charge in [0.1, 0.15) is 0 Å². The Morgan fingerprint density at radius 2 is 2.47 bits per heavy atom. The van der Waals surface area contributed by atoms with Gasteiger partial charge in [-0.3, -0.25) is 0 Å². The van der Waals surface area contributed by atoms with Crippen LogP contribution in [0.3, 0.4) is 0 Å². The number of nitrogens with two attached hydrogens (primary N) is 1. The second-order valence-electron chi connectivity index (χ2n) is 4.79. The molecule has 2 bridgehead atoms. The molecule has 2 saturated carbocycles. The second-order valence-corrected chi connectivity index (χ2v) is 4.79. The van der Waals surface area contributed by atoms with Crippen LogP contribution < -0.4 is 11.2 Å². The highest BCUT2D eigenvalue weighted by atomic mass is 16.2. The lowest BCUT2D eigenvalue weighted by Crippen LogP contribution is -2.30. The summed E-state index contributed by atoms with van der Waals surface area (Å²) in [6.07, 6.45) is 8.16. The number of hydrogen-bond donors (Lipinski definition) is 2. The van der Waals surface area contributed by atoms with Gasteiger partial charge in [-0.25, -0.2) is 10.2 Å². The highest BCUT2D eigenvalue weighted by Crippen LogP contribution is 2.55. The molecule has 0 radical (unpaired) electrons. The molecule has 3 aliphatic rings. The summed E-state index contributed by atoms with van der Waals surface area (Å²) in [5, 5.41) is 4.12. The Bertz CT molecular complexity index is 361. The maximum atomic E-state index is 10.6. The summed E-state index contributed by atoms with van der Waals surface area (Å²) in [4.78, 5) is 10.6. The smallest absolute Gasteiger partial charge is 0.332 e. The molecule has 0 unspecified atom stereocenters. The average molecular weight is 205 g/mol. The van der Waals surface area contributed by atoms with Crippen molar-refractivity contribution in [1.29, 1.82) is 0 Å². The van der Waals surface area contributed by atoms with Gasteiger partial charge in [0.15, 0.2) is 0 Å². The molecule has 2 fully saturated rings. The number of primary amides is 1. The number of rotatable bonds is 1. The Morgan fingerprint density at radius 3 is 3.27 bits per heavy atom. The number of carbonyl (C=O) groups is 1. The predicted molar refractivity (Wildman–Crippen MR) is 57.1 cm³/mol. The Kier molecular flexibility index (Phi) is 1.84. The number of nitrogens with one attached hydrogen (secondary N) is 1. The number of hydrazone groups is 1. The van der Waals surface area contributed by atoms with E-state index in [1.807, 2.05) is 0 Å². The lowest BCUT2D eigenvalue weighted by Gasteiger charge is -2.25. The van der Waals surface area contributed by atoms with E-state index >= 15 is 0 Å². The first kappa shape index (κ1) is 8.95. The van der Waals surface area contributed by atoms with E-state index in [1.165, 1.54) is 12.8 Å². The normalized spacial score (nSPS) is 43.6. The average Bonchev–Trinajstić information content (AvgIpc) is 2.86. The summed E-state index contributed by atoms with van der Waals surface area (Å²) in [5.74, 6) is 2.87. The van der Waals surface area contributed by atoms with Gasteiger partial charge < -0.3 is 5.73 Å². The van der Waals surface area contributed by atoms with Crippen molar-refractivity contribution in [3.63, 3.8) is 0 Å². The molecule has 0 spiro atoms. The van der Waals surface area contributed by atoms with Crippen molar-refractivity contribution in [2.75, 3.05) is 0 Å². The molecule has 3 rings (SSSR count). The zero-order chi connectivity index (χ0) is 10.4. The van der Waals surface area contributed by atoms with Crippen molar-refractivity contribution in [2.45, 2.75) is 19.3 Å². The third kappa shape index (κ3) is 1.28. The van der Waals surface area contributed by atoms with Gasteiger partial charge in [-0.2, -0.15) is 5.10 Å². The van der Waals surface area contributed by atoms with Crippen LogP contribution in [0.5, 0.6) is 0 Å². The Balaban J connectivity index is 1.78. The van der Waals surface area contributed by atoms with Gasteiger partial charge in [0.25, 0.3) is 0 Å². The number of nitrogens with zero attached hydrogens (tertiary/aromatic N) is 1. The van der Waals surface area contributed by atoms with Gasteiger partial charge in [-0.05, 0) is 37.0 Å². The van der Waals surface area contributed by atoms with Crippen molar-refractivity contribution in [1.82, 2.24) is 5.43 Å². The molecule has 3 aliphatic carbocycles. The largest absolute Gasteiger partial charge is 0.350 e. The summed E-state index contributed by atoms with van der Waals surface area (Å²) >= 11 is 0. The third-order valence-electron chi connectivity index (χ3n) is 4.10. The Morgan fingerprint density at radius 1 is 1.60 bits per heavy atom. The SMILES string of the molecule is NC(=O)N/N=C1/C[C@H]2C[C@H]1[C@H]1C=CC[C@@H]21. The predicted octanol–water partition coefficient (Wildman–Crippen LogP) is 1.24. The first-order valence-corrected chi connectivity index (χ1v) is 5.54. The van der Waals surface area contributed by atoms with Crippen LogP contribution in [-0.4, -0.2) is 11.7 Å². The van der Waals surface area contributed by atoms with Crippen LogP contribution in [0.1, 0.15) is 19.3 Å². The van der Waals surface area contributed by atoms with Gasteiger partial charge in [0, 0.05) is 11.6 Å². The van der Waals surface area contributed by atoms with Crippen LogP contribution in [0, 0.1) is 23.7 Å². The summed E-state index contributed by atoms with van der Waals surface area (Å²) in [6, 6.07) is -0.566. The van der Waals surface area contributed by atoms with Gasteiger partial charge in [0.05, 0.1) is 0 Å². The molecule has 0 aromatic rings. The standard InChI is InChI=1S/C11H15N3O/c12-11(15)14-13-10-5-6-4-9(10)8-3-1-2-7(6)8/h1,3,6-9H,2,4-5H2,(H3,12,14,15)/b13-10-/t6-,7+,8+,9+/m1/s1.